The van der Waals surface area contributed by atoms with Crippen molar-refractivity contribution in [3.05, 3.63) is 95.1 Å². The Balaban J connectivity index is 1.99. The molecule has 27 heavy (non-hydrogen) atoms. The molecule has 3 N–H and O–H groups in total. The average molecular weight is 359 g/mol. The lowest BCUT2D eigenvalue weighted by Gasteiger charge is -2.31. The first-order valence-electron chi connectivity index (χ1n) is 9.50. The van der Waals surface area contributed by atoms with E-state index in [0.29, 0.717) is 0 Å². The molecule has 0 saturated heterocycles. The second-order valence-corrected chi connectivity index (χ2v) is 8.28. The Kier molecular flexibility index (Phi) is 5.01. The molecule has 3 aromatic rings. The van der Waals surface area contributed by atoms with E-state index in [-0.39, 0.29) is 10.8 Å². The summed E-state index contributed by atoms with van der Waals surface area (Å²) in [7, 11) is 1.95. The predicted octanol–water partition coefficient (Wildman–Crippen LogP) is 5.96. The SMILES string of the molecule is CNc1ccc(C(C)(C)c2cccc(C(C)(C)c3ccc(N)cc3)c2)cc1. The number of nitrogens with one attached hydrogen (secondary N) is 1. The summed E-state index contributed by atoms with van der Waals surface area (Å²) < 4.78 is 0. The van der Waals surface area contributed by atoms with Crippen LogP contribution in [0.3, 0.4) is 0 Å². The molecule has 3 rings (SSSR count). The third-order valence-corrected chi connectivity index (χ3v) is 5.83. The fourth-order valence-electron chi connectivity index (χ4n) is 3.58. The molecule has 0 spiro atoms. The van der Waals surface area contributed by atoms with Crippen molar-refractivity contribution in [2.24, 2.45) is 0 Å². The zero-order valence-corrected chi connectivity index (χ0v) is 17.0. The lowest BCUT2D eigenvalue weighted by Crippen LogP contribution is -2.23. The number of anilines is 2. The highest BCUT2D eigenvalue weighted by atomic mass is 14.8. The molecule has 2 heteroatoms. The Hall–Kier alpha value is -2.74. The van der Waals surface area contributed by atoms with Gasteiger partial charge < -0.3 is 11.1 Å². The number of hydrogen-bond donors (Lipinski definition) is 2. The lowest BCUT2D eigenvalue weighted by molar-refractivity contribution is 0.617. The van der Waals surface area contributed by atoms with E-state index < -0.39 is 0 Å². The highest BCUT2D eigenvalue weighted by molar-refractivity contribution is 5.50. The van der Waals surface area contributed by atoms with Gasteiger partial charge in [-0.15, -0.1) is 0 Å². The van der Waals surface area contributed by atoms with Gasteiger partial charge in [0.2, 0.25) is 0 Å². The molecule has 0 atom stereocenters. The van der Waals surface area contributed by atoms with Gasteiger partial charge in [-0.3, -0.25) is 0 Å². The summed E-state index contributed by atoms with van der Waals surface area (Å²) in [6.07, 6.45) is 0. The van der Waals surface area contributed by atoms with Gasteiger partial charge in [0.05, 0.1) is 0 Å². The van der Waals surface area contributed by atoms with Crippen molar-refractivity contribution in [3.8, 4) is 0 Å². The van der Waals surface area contributed by atoms with Gasteiger partial charge in [0.1, 0.15) is 0 Å². The van der Waals surface area contributed by atoms with Crippen molar-refractivity contribution >= 4 is 11.4 Å². The summed E-state index contributed by atoms with van der Waals surface area (Å²) in [4.78, 5) is 0. The van der Waals surface area contributed by atoms with Crippen LogP contribution in [0.1, 0.15) is 49.9 Å². The largest absolute Gasteiger partial charge is 0.399 e. The Labute approximate surface area is 163 Å². The van der Waals surface area contributed by atoms with E-state index in [0.717, 1.165) is 11.4 Å². The topological polar surface area (TPSA) is 38.0 Å². The predicted molar refractivity (Wildman–Crippen MR) is 118 cm³/mol. The van der Waals surface area contributed by atoms with Crippen LogP contribution in [0.25, 0.3) is 0 Å². The van der Waals surface area contributed by atoms with Crippen LogP contribution in [0.5, 0.6) is 0 Å². The molecule has 140 valence electrons. The maximum absolute atomic E-state index is 5.87. The van der Waals surface area contributed by atoms with Crippen molar-refractivity contribution in [2.45, 2.75) is 38.5 Å². The third-order valence-electron chi connectivity index (χ3n) is 5.83. The smallest absolute Gasteiger partial charge is 0.0337 e. The van der Waals surface area contributed by atoms with Crippen LogP contribution in [-0.4, -0.2) is 7.05 Å². The zero-order valence-electron chi connectivity index (χ0n) is 17.0. The van der Waals surface area contributed by atoms with Gasteiger partial charge in [0.15, 0.2) is 0 Å². The first kappa shape index (κ1) is 19.0. The highest BCUT2D eigenvalue weighted by Crippen LogP contribution is 2.37. The van der Waals surface area contributed by atoms with Crippen molar-refractivity contribution in [1.82, 2.24) is 0 Å². The maximum Gasteiger partial charge on any atom is 0.0337 e. The molecular formula is C25H30N2. The molecule has 0 fully saturated rings. The van der Waals surface area contributed by atoms with Crippen LogP contribution in [-0.2, 0) is 10.8 Å². The Morgan fingerprint density at radius 1 is 0.630 bits per heavy atom. The van der Waals surface area contributed by atoms with Gasteiger partial charge in [0, 0.05) is 29.3 Å². The quantitative estimate of drug-likeness (QED) is 0.552. The third kappa shape index (κ3) is 3.71. The molecule has 0 unspecified atom stereocenters. The number of nitrogen functional groups attached to an aromatic ring is 1. The minimum Gasteiger partial charge on any atom is -0.399 e. The molecule has 0 aliphatic carbocycles. The minimum absolute atomic E-state index is 0.0700. The van der Waals surface area contributed by atoms with Gasteiger partial charge in [-0.25, -0.2) is 0 Å². The number of hydrogen-bond acceptors (Lipinski definition) is 2. The fraction of sp³-hybridized carbons (Fsp3) is 0.280. The zero-order chi connectivity index (χ0) is 19.7. The van der Waals surface area contributed by atoms with Gasteiger partial charge in [-0.05, 0) is 46.5 Å². The molecule has 3 aromatic carbocycles. The molecule has 0 radical (unpaired) electrons. The van der Waals surface area contributed by atoms with Crippen LogP contribution in [0, 0.1) is 0 Å². The Bertz CT molecular complexity index is 904. The fourth-order valence-corrected chi connectivity index (χ4v) is 3.58. The van der Waals surface area contributed by atoms with Crippen molar-refractivity contribution in [3.63, 3.8) is 0 Å². The van der Waals surface area contributed by atoms with E-state index in [4.69, 9.17) is 5.73 Å². The van der Waals surface area contributed by atoms with E-state index >= 15 is 0 Å². The normalized spacial score (nSPS) is 12.0. The van der Waals surface area contributed by atoms with Gasteiger partial charge in [-0.2, -0.15) is 0 Å². The standard InChI is InChI=1S/C25H30N2/c1-24(2,18-9-13-22(26)14-10-18)20-7-6-8-21(17-20)25(3,4)19-11-15-23(27-5)16-12-19/h6-17,27H,26H2,1-5H3. The summed E-state index contributed by atoms with van der Waals surface area (Å²) in [6, 6.07) is 25.9. The molecule has 0 saturated carbocycles. The summed E-state index contributed by atoms with van der Waals surface area (Å²) >= 11 is 0. The number of rotatable bonds is 5. The van der Waals surface area contributed by atoms with Crippen LogP contribution >= 0.6 is 0 Å². The van der Waals surface area contributed by atoms with Crippen molar-refractivity contribution in [2.75, 3.05) is 18.1 Å². The molecular weight excluding hydrogens is 328 g/mol. The molecule has 0 aliphatic heterocycles. The summed E-state index contributed by atoms with van der Waals surface area (Å²) in [5.41, 5.74) is 12.9. The van der Waals surface area contributed by atoms with E-state index in [1.165, 1.54) is 22.3 Å². The molecule has 0 aromatic heterocycles. The first-order valence-corrected chi connectivity index (χ1v) is 9.50. The molecule has 0 aliphatic rings. The molecule has 0 amide bonds. The molecule has 0 bridgehead atoms. The van der Waals surface area contributed by atoms with Crippen molar-refractivity contribution < 1.29 is 0 Å². The minimum atomic E-state index is -0.0875. The summed E-state index contributed by atoms with van der Waals surface area (Å²) in [5.74, 6) is 0. The summed E-state index contributed by atoms with van der Waals surface area (Å²) in [6.45, 7) is 9.12. The van der Waals surface area contributed by atoms with E-state index in [1.807, 2.05) is 19.2 Å². The van der Waals surface area contributed by atoms with Gasteiger partial charge in [-0.1, -0.05) is 76.2 Å². The van der Waals surface area contributed by atoms with Crippen LogP contribution in [0.15, 0.2) is 72.8 Å². The second kappa shape index (κ2) is 7.11. The second-order valence-electron chi connectivity index (χ2n) is 8.28. The monoisotopic (exact) mass is 358 g/mol. The number of nitrogens with two attached hydrogens (primary N) is 1. The van der Waals surface area contributed by atoms with Crippen LogP contribution in [0.2, 0.25) is 0 Å². The summed E-state index contributed by atoms with van der Waals surface area (Å²) in [5, 5.41) is 3.19. The highest BCUT2D eigenvalue weighted by Gasteiger charge is 2.27. The maximum atomic E-state index is 5.87. The van der Waals surface area contributed by atoms with Crippen LogP contribution < -0.4 is 11.1 Å². The van der Waals surface area contributed by atoms with E-state index in [9.17, 15) is 0 Å². The van der Waals surface area contributed by atoms with Gasteiger partial charge in [0.25, 0.3) is 0 Å². The molecule has 2 nitrogen and oxygen atoms in total. The van der Waals surface area contributed by atoms with Crippen molar-refractivity contribution in [1.29, 1.82) is 0 Å². The van der Waals surface area contributed by atoms with Crippen LogP contribution in [0.4, 0.5) is 11.4 Å². The van der Waals surface area contributed by atoms with E-state index in [2.05, 4.69) is 93.7 Å². The first-order chi connectivity index (χ1) is 12.7. The average Bonchev–Trinajstić information content (AvgIpc) is 2.68. The molecule has 0 heterocycles. The lowest BCUT2D eigenvalue weighted by atomic mass is 9.73. The van der Waals surface area contributed by atoms with E-state index in [1.54, 1.807) is 0 Å². The Morgan fingerprint density at radius 2 is 1.07 bits per heavy atom. The Morgan fingerprint density at radius 3 is 1.52 bits per heavy atom. The van der Waals surface area contributed by atoms with Gasteiger partial charge >= 0.3 is 0 Å². The number of benzene rings is 3.